The molecular formula is C22H26N4O5. The van der Waals surface area contributed by atoms with Crippen molar-refractivity contribution < 1.29 is 23.9 Å². The largest absolute Gasteiger partial charge is 0.462 e. The Balaban J connectivity index is 1.55. The van der Waals surface area contributed by atoms with Gasteiger partial charge in [-0.1, -0.05) is 0 Å². The Labute approximate surface area is 180 Å². The van der Waals surface area contributed by atoms with E-state index in [-0.39, 0.29) is 18.2 Å². The molecule has 1 aromatic heterocycles. The molecule has 1 fully saturated rings. The standard InChI is InChI=1S/C22H26N4O5/c1-3-31-22(29)18-8-9-19(23-15(18)2)21(28)25-17-6-4-16(5-7-17)24-20(27)14-26-10-12-30-13-11-26/h4-9H,3,10-14H2,1-2H3,(H,24,27)(H,25,28). The first-order valence-electron chi connectivity index (χ1n) is 10.1. The molecule has 31 heavy (non-hydrogen) atoms. The molecule has 2 amide bonds. The normalized spacial score (nSPS) is 14.0. The molecule has 0 unspecified atom stereocenters. The maximum absolute atomic E-state index is 12.5. The predicted octanol–water partition coefficient (Wildman–Crippen LogP) is 2.09. The Bertz CT molecular complexity index is 939. The first-order chi connectivity index (χ1) is 15.0. The van der Waals surface area contributed by atoms with E-state index in [0.717, 1.165) is 13.1 Å². The van der Waals surface area contributed by atoms with Crippen LogP contribution in [0.15, 0.2) is 36.4 Å². The highest BCUT2D eigenvalue weighted by atomic mass is 16.5. The van der Waals surface area contributed by atoms with Crippen molar-refractivity contribution in [3.63, 3.8) is 0 Å². The van der Waals surface area contributed by atoms with Crippen LogP contribution in [0.2, 0.25) is 0 Å². The molecule has 1 aromatic carbocycles. The van der Waals surface area contributed by atoms with E-state index >= 15 is 0 Å². The fourth-order valence-corrected chi connectivity index (χ4v) is 3.11. The number of carbonyl (C=O) groups is 3. The van der Waals surface area contributed by atoms with Crippen LogP contribution < -0.4 is 10.6 Å². The maximum atomic E-state index is 12.5. The monoisotopic (exact) mass is 426 g/mol. The highest BCUT2D eigenvalue weighted by Gasteiger charge is 2.16. The fraction of sp³-hybridized carbons (Fsp3) is 0.364. The van der Waals surface area contributed by atoms with E-state index in [1.54, 1.807) is 38.1 Å². The molecule has 2 heterocycles. The highest BCUT2D eigenvalue weighted by Crippen LogP contribution is 2.15. The van der Waals surface area contributed by atoms with Gasteiger partial charge in [-0.3, -0.25) is 14.5 Å². The van der Waals surface area contributed by atoms with Crippen LogP contribution in [0.1, 0.15) is 33.5 Å². The molecule has 0 atom stereocenters. The molecular weight excluding hydrogens is 400 g/mol. The third-order valence-corrected chi connectivity index (χ3v) is 4.71. The number of morpholine rings is 1. The van der Waals surface area contributed by atoms with Gasteiger partial charge in [0, 0.05) is 24.5 Å². The number of aromatic nitrogens is 1. The molecule has 2 N–H and O–H groups in total. The van der Waals surface area contributed by atoms with Crippen LogP contribution in [0.4, 0.5) is 11.4 Å². The zero-order chi connectivity index (χ0) is 22.2. The van der Waals surface area contributed by atoms with Crippen LogP contribution in [-0.4, -0.2) is 67.1 Å². The average molecular weight is 426 g/mol. The number of esters is 1. The summed E-state index contributed by atoms with van der Waals surface area (Å²) in [6.07, 6.45) is 0. The minimum atomic E-state index is -0.467. The van der Waals surface area contributed by atoms with Gasteiger partial charge in [0.25, 0.3) is 5.91 Å². The number of nitrogens with zero attached hydrogens (tertiary/aromatic N) is 2. The number of ether oxygens (including phenoxy) is 2. The van der Waals surface area contributed by atoms with Gasteiger partial charge in [-0.05, 0) is 50.2 Å². The Morgan fingerprint density at radius 1 is 1.03 bits per heavy atom. The summed E-state index contributed by atoms with van der Waals surface area (Å²) < 4.78 is 10.2. The molecule has 1 aliphatic rings. The van der Waals surface area contributed by atoms with E-state index in [9.17, 15) is 14.4 Å². The van der Waals surface area contributed by atoms with Crippen LogP contribution in [0.3, 0.4) is 0 Å². The summed E-state index contributed by atoms with van der Waals surface area (Å²) >= 11 is 0. The van der Waals surface area contributed by atoms with Crippen molar-refractivity contribution in [2.75, 3.05) is 50.1 Å². The van der Waals surface area contributed by atoms with Gasteiger partial charge in [0.05, 0.1) is 37.6 Å². The minimum absolute atomic E-state index is 0.0972. The predicted molar refractivity (Wildman–Crippen MR) is 115 cm³/mol. The molecule has 0 spiro atoms. The summed E-state index contributed by atoms with van der Waals surface area (Å²) in [7, 11) is 0. The summed E-state index contributed by atoms with van der Waals surface area (Å²) in [6, 6.07) is 9.84. The van der Waals surface area contributed by atoms with E-state index in [4.69, 9.17) is 9.47 Å². The topological polar surface area (TPSA) is 110 Å². The van der Waals surface area contributed by atoms with Gasteiger partial charge in [-0.25, -0.2) is 9.78 Å². The number of carbonyl (C=O) groups excluding carboxylic acids is 3. The SMILES string of the molecule is CCOC(=O)c1ccc(C(=O)Nc2ccc(NC(=O)CN3CCOCC3)cc2)nc1C. The lowest BCUT2D eigenvalue weighted by Crippen LogP contribution is -2.41. The van der Waals surface area contributed by atoms with Crippen molar-refractivity contribution in [2.24, 2.45) is 0 Å². The Morgan fingerprint density at radius 2 is 1.68 bits per heavy atom. The van der Waals surface area contributed by atoms with Gasteiger partial charge in [0.1, 0.15) is 5.69 Å². The first kappa shape index (κ1) is 22.4. The first-order valence-corrected chi connectivity index (χ1v) is 10.1. The van der Waals surface area contributed by atoms with Crippen LogP contribution in [0.5, 0.6) is 0 Å². The van der Waals surface area contributed by atoms with E-state index in [1.165, 1.54) is 12.1 Å². The third kappa shape index (κ3) is 6.34. The number of hydrogen-bond donors (Lipinski definition) is 2. The zero-order valence-electron chi connectivity index (χ0n) is 17.6. The van der Waals surface area contributed by atoms with Crippen LogP contribution >= 0.6 is 0 Å². The number of nitrogens with one attached hydrogen (secondary N) is 2. The number of hydrogen-bond acceptors (Lipinski definition) is 7. The van der Waals surface area contributed by atoms with Gasteiger partial charge >= 0.3 is 5.97 Å². The maximum Gasteiger partial charge on any atom is 0.339 e. The van der Waals surface area contributed by atoms with Crippen molar-refractivity contribution >= 4 is 29.2 Å². The summed E-state index contributed by atoms with van der Waals surface area (Å²) in [5, 5.41) is 5.60. The molecule has 3 rings (SSSR count). The van der Waals surface area contributed by atoms with Crippen LogP contribution in [-0.2, 0) is 14.3 Å². The van der Waals surface area contributed by atoms with Crippen molar-refractivity contribution in [3.8, 4) is 0 Å². The number of pyridine rings is 1. The van der Waals surface area contributed by atoms with E-state index in [2.05, 4.69) is 15.6 Å². The Morgan fingerprint density at radius 3 is 2.29 bits per heavy atom. The number of benzene rings is 1. The smallest absolute Gasteiger partial charge is 0.339 e. The molecule has 0 aliphatic carbocycles. The lowest BCUT2D eigenvalue weighted by Gasteiger charge is -2.25. The van der Waals surface area contributed by atoms with E-state index in [1.807, 2.05) is 4.90 Å². The number of aryl methyl sites for hydroxylation is 1. The van der Waals surface area contributed by atoms with Crippen molar-refractivity contribution in [1.29, 1.82) is 0 Å². The van der Waals surface area contributed by atoms with Gasteiger partial charge in [-0.15, -0.1) is 0 Å². The van der Waals surface area contributed by atoms with Crippen LogP contribution in [0, 0.1) is 6.92 Å². The fourth-order valence-electron chi connectivity index (χ4n) is 3.11. The molecule has 164 valence electrons. The van der Waals surface area contributed by atoms with Gasteiger partial charge in [0.2, 0.25) is 5.91 Å². The second kappa shape index (κ2) is 10.6. The molecule has 2 aromatic rings. The lowest BCUT2D eigenvalue weighted by atomic mass is 10.2. The minimum Gasteiger partial charge on any atom is -0.462 e. The molecule has 0 saturated carbocycles. The summed E-state index contributed by atoms with van der Waals surface area (Å²) in [5.74, 6) is -0.964. The number of amides is 2. The van der Waals surface area contributed by atoms with Crippen molar-refractivity contribution in [2.45, 2.75) is 13.8 Å². The molecule has 1 saturated heterocycles. The Kier molecular flexibility index (Phi) is 7.69. The van der Waals surface area contributed by atoms with Crippen molar-refractivity contribution in [1.82, 2.24) is 9.88 Å². The zero-order valence-corrected chi connectivity index (χ0v) is 17.6. The lowest BCUT2D eigenvalue weighted by molar-refractivity contribution is -0.118. The molecule has 0 bridgehead atoms. The molecule has 1 aliphatic heterocycles. The van der Waals surface area contributed by atoms with Crippen LogP contribution in [0.25, 0.3) is 0 Å². The summed E-state index contributed by atoms with van der Waals surface area (Å²) in [6.45, 7) is 6.72. The van der Waals surface area contributed by atoms with Gasteiger partial charge in [0.15, 0.2) is 0 Å². The summed E-state index contributed by atoms with van der Waals surface area (Å²) in [4.78, 5) is 42.7. The second-order valence-corrected chi connectivity index (χ2v) is 7.02. The number of anilines is 2. The second-order valence-electron chi connectivity index (χ2n) is 7.02. The summed E-state index contributed by atoms with van der Waals surface area (Å²) in [5.41, 5.74) is 2.14. The molecule has 0 radical (unpaired) electrons. The third-order valence-electron chi connectivity index (χ3n) is 4.71. The van der Waals surface area contributed by atoms with Crippen molar-refractivity contribution in [3.05, 3.63) is 53.3 Å². The highest BCUT2D eigenvalue weighted by molar-refractivity contribution is 6.03. The van der Waals surface area contributed by atoms with Gasteiger partial charge < -0.3 is 20.1 Å². The quantitative estimate of drug-likeness (QED) is 0.653. The average Bonchev–Trinajstić information content (AvgIpc) is 2.75. The Hall–Kier alpha value is -3.30. The van der Waals surface area contributed by atoms with E-state index < -0.39 is 11.9 Å². The van der Waals surface area contributed by atoms with Gasteiger partial charge in [-0.2, -0.15) is 0 Å². The number of rotatable bonds is 7. The molecule has 9 nitrogen and oxygen atoms in total. The van der Waals surface area contributed by atoms with E-state index in [0.29, 0.717) is 42.4 Å². The molecule has 9 heteroatoms.